The van der Waals surface area contributed by atoms with E-state index in [0.717, 1.165) is 17.4 Å². The van der Waals surface area contributed by atoms with Crippen molar-refractivity contribution < 1.29 is 14.0 Å². The van der Waals surface area contributed by atoms with Gasteiger partial charge in [0.25, 0.3) is 0 Å². The number of ether oxygens (including phenoxy) is 1. The zero-order valence-corrected chi connectivity index (χ0v) is 11.7. The van der Waals surface area contributed by atoms with Gasteiger partial charge in [0.05, 0.1) is 33.8 Å². The molecular weight excluding hydrogens is 214 g/mol. The summed E-state index contributed by atoms with van der Waals surface area (Å²) < 4.78 is 5.97. The summed E-state index contributed by atoms with van der Waals surface area (Å²) in [5.74, 6) is -0.321. The summed E-state index contributed by atoms with van der Waals surface area (Å²) in [6.45, 7) is 8.36. The van der Waals surface area contributed by atoms with Crippen molar-refractivity contribution >= 4 is 5.97 Å². The molecule has 0 saturated carbocycles. The molecule has 0 N–H and O–H groups in total. The first kappa shape index (κ1) is 16.2. The molecule has 0 amide bonds. The van der Waals surface area contributed by atoms with Crippen LogP contribution >= 0.6 is 0 Å². The topological polar surface area (TPSA) is 26.3 Å². The average Bonchev–Trinajstić information content (AvgIpc) is 2.30. The van der Waals surface area contributed by atoms with Crippen LogP contribution in [-0.2, 0) is 9.53 Å². The number of carbonyl (C=O) groups is 1. The van der Waals surface area contributed by atoms with Crippen molar-refractivity contribution in [2.45, 2.75) is 39.0 Å². The molecule has 0 fully saturated rings. The maximum Gasteiger partial charge on any atom is 0.330 e. The second-order valence-corrected chi connectivity index (χ2v) is 5.17. The molecule has 0 aromatic rings. The van der Waals surface area contributed by atoms with E-state index in [-0.39, 0.29) is 5.97 Å². The number of hydrogen-bond acceptors (Lipinski definition) is 2. The van der Waals surface area contributed by atoms with E-state index < -0.39 is 0 Å². The van der Waals surface area contributed by atoms with Crippen molar-refractivity contribution in [1.82, 2.24) is 0 Å². The molecule has 0 aliphatic heterocycles. The number of carbonyl (C=O) groups excluding carboxylic acids is 1. The van der Waals surface area contributed by atoms with Gasteiger partial charge in [-0.15, -0.1) is 0 Å². The molecule has 0 saturated heterocycles. The van der Waals surface area contributed by atoms with Crippen LogP contribution in [0.3, 0.4) is 0 Å². The lowest BCUT2D eigenvalue weighted by atomic mass is 10.2. The molecule has 0 aromatic carbocycles. The molecule has 0 rings (SSSR count). The predicted octanol–water partition coefficient (Wildman–Crippen LogP) is 2.76. The molecule has 0 radical (unpaired) electrons. The molecule has 3 heteroatoms. The van der Waals surface area contributed by atoms with Gasteiger partial charge in [0.1, 0.15) is 0 Å². The van der Waals surface area contributed by atoms with E-state index in [1.165, 1.54) is 38.3 Å². The molecule has 0 aliphatic carbocycles. The van der Waals surface area contributed by atoms with Crippen LogP contribution in [-0.4, -0.2) is 44.2 Å². The number of unbranched alkanes of at least 4 members (excludes halogenated alkanes) is 3. The summed E-state index contributed by atoms with van der Waals surface area (Å²) in [5, 5.41) is 0. The summed E-state index contributed by atoms with van der Waals surface area (Å²) >= 11 is 0. The van der Waals surface area contributed by atoms with Crippen LogP contribution in [0.15, 0.2) is 12.7 Å². The third-order valence-electron chi connectivity index (χ3n) is 2.94. The highest BCUT2D eigenvalue weighted by atomic mass is 16.5. The lowest BCUT2D eigenvalue weighted by molar-refractivity contribution is -0.890. The summed E-state index contributed by atoms with van der Waals surface area (Å²) in [4.78, 5) is 10.8. The van der Waals surface area contributed by atoms with E-state index >= 15 is 0 Å². The molecule has 0 unspecified atom stereocenters. The Morgan fingerprint density at radius 2 is 1.82 bits per heavy atom. The fourth-order valence-electron chi connectivity index (χ4n) is 1.80. The largest absolute Gasteiger partial charge is 0.462 e. The molecule has 0 bridgehead atoms. The Hall–Kier alpha value is -0.830. The lowest BCUT2D eigenvalue weighted by Gasteiger charge is -2.29. The number of esters is 1. The van der Waals surface area contributed by atoms with Crippen molar-refractivity contribution in [2.75, 3.05) is 33.8 Å². The first-order valence-electron chi connectivity index (χ1n) is 6.63. The number of nitrogens with zero attached hydrogens (tertiary/aromatic N) is 1. The van der Waals surface area contributed by atoms with Crippen molar-refractivity contribution in [3.8, 4) is 0 Å². The molecule has 3 nitrogen and oxygen atoms in total. The second-order valence-electron chi connectivity index (χ2n) is 5.17. The van der Waals surface area contributed by atoms with Crippen molar-refractivity contribution in [2.24, 2.45) is 0 Å². The van der Waals surface area contributed by atoms with Crippen LogP contribution in [0.25, 0.3) is 0 Å². The van der Waals surface area contributed by atoms with Crippen LogP contribution < -0.4 is 0 Å². The minimum absolute atomic E-state index is 0.321. The highest BCUT2D eigenvalue weighted by molar-refractivity contribution is 5.81. The second kappa shape index (κ2) is 9.23. The average molecular weight is 242 g/mol. The van der Waals surface area contributed by atoms with Crippen molar-refractivity contribution in [1.29, 1.82) is 0 Å². The zero-order chi connectivity index (χ0) is 13.1. The summed E-state index contributed by atoms with van der Waals surface area (Å²) in [5.41, 5.74) is 0. The molecule has 0 aromatic heterocycles. The standard InChI is InChI=1S/C14H28NO2/c1-5-7-8-9-11-15(3,4)12-10-13-17-14(16)6-2/h6H,2,5,7-13H2,1,3-4H3/q+1. The maximum atomic E-state index is 10.8. The van der Waals surface area contributed by atoms with Crippen LogP contribution in [0.5, 0.6) is 0 Å². The third-order valence-corrected chi connectivity index (χ3v) is 2.94. The van der Waals surface area contributed by atoms with E-state index in [1.807, 2.05) is 0 Å². The Morgan fingerprint density at radius 3 is 2.41 bits per heavy atom. The van der Waals surface area contributed by atoms with Gasteiger partial charge < -0.3 is 9.22 Å². The predicted molar refractivity (Wildman–Crippen MR) is 71.8 cm³/mol. The van der Waals surface area contributed by atoms with Crippen LogP contribution in [0, 0.1) is 0 Å². The van der Waals surface area contributed by atoms with E-state index in [1.54, 1.807) is 0 Å². The van der Waals surface area contributed by atoms with Gasteiger partial charge in [0.2, 0.25) is 0 Å². The number of rotatable bonds is 10. The first-order valence-corrected chi connectivity index (χ1v) is 6.63. The van der Waals surface area contributed by atoms with Crippen LogP contribution in [0.2, 0.25) is 0 Å². The van der Waals surface area contributed by atoms with E-state index in [2.05, 4.69) is 27.6 Å². The summed E-state index contributed by atoms with van der Waals surface area (Å²) in [6.07, 6.45) is 7.35. The Morgan fingerprint density at radius 1 is 1.18 bits per heavy atom. The monoisotopic (exact) mass is 242 g/mol. The van der Waals surface area contributed by atoms with Crippen LogP contribution in [0.4, 0.5) is 0 Å². The molecular formula is C14H28NO2+. The first-order chi connectivity index (χ1) is 8.02. The van der Waals surface area contributed by atoms with Gasteiger partial charge in [-0.1, -0.05) is 26.3 Å². The van der Waals surface area contributed by atoms with Gasteiger partial charge in [-0.3, -0.25) is 0 Å². The van der Waals surface area contributed by atoms with E-state index in [0.29, 0.717) is 6.61 Å². The molecule has 0 heterocycles. The zero-order valence-electron chi connectivity index (χ0n) is 11.7. The summed E-state index contributed by atoms with van der Waals surface area (Å²) in [7, 11) is 4.47. The molecule has 17 heavy (non-hydrogen) atoms. The fraction of sp³-hybridized carbons (Fsp3) is 0.786. The highest BCUT2D eigenvalue weighted by Crippen LogP contribution is 2.06. The Kier molecular flexibility index (Phi) is 8.78. The fourth-order valence-corrected chi connectivity index (χ4v) is 1.80. The normalized spacial score (nSPS) is 11.2. The van der Waals surface area contributed by atoms with Gasteiger partial charge in [-0.05, 0) is 12.8 Å². The minimum atomic E-state index is -0.321. The van der Waals surface area contributed by atoms with Gasteiger partial charge >= 0.3 is 5.97 Å². The van der Waals surface area contributed by atoms with Gasteiger partial charge in [-0.2, -0.15) is 0 Å². The summed E-state index contributed by atoms with van der Waals surface area (Å²) in [6, 6.07) is 0. The Balaban J connectivity index is 3.56. The van der Waals surface area contributed by atoms with E-state index in [4.69, 9.17) is 4.74 Å². The number of quaternary nitrogens is 1. The minimum Gasteiger partial charge on any atom is -0.462 e. The highest BCUT2D eigenvalue weighted by Gasteiger charge is 2.13. The van der Waals surface area contributed by atoms with Crippen LogP contribution in [0.1, 0.15) is 39.0 Å². The molecule has 0 atom stereocenters. The SMILES string of the molecule is C=CC(=O)OCCC[N+](C)(C)CCCCCC. The third kappa shape index (κ3) is 10.1. The van der Waals surface area contributed by atoms with Gasteiger partial charge in [0.15, 0.2) is 0 Å². The molecule has 0 spiro atoms. The van der Waals surface area contributed by atoms with E-state index in [9.17, 15) is 4.79 Å². The van der Waals surface area contributed by atoms with Crippen molar-refractivity contribution in [3.63, 3.8) is 0 Å². The Labute approximate surface area is 106 Å². The number of hydrogen-bond donors (Lipinski definition) is 0. The van der Waals surface area contributed by atoms with Gasteiger partial charge in [0, 0.05) is 12.5 Å². The van der Waals surface area contributed by atoms with Crippen molar-refractivity contribution in [3.05, 3.63) is 12.7 Å². The lowest BCUT2D eigenvalue weighted by Crippen LogP contribution is -2.41. The quantitative estimate of drug-likeness (QED) is 0.255. The molecule has 100 valence electrons. The smallest absolute Gasteiger partial charge is 0.330 e. The van der Waals surface area contributed by atoms with Gasteiger partial charge in [-0.25, -0.2) is 4.79 Å². The maximum absolute atomic E-state index is 10.8. The Bertz CT molecular complexity index is 224. The molecule has 0 aliphatic rings.